The van der Waals surface area contributed by atoms with Crippen LogP contribution in [0, 0.1) is 0 Å². The van der Waals surface area contributed by atoms with Crippen molar-refractivity contribution < 1.29 is 19.3 Å². The lowest BCUT2D eigenvalue weighted by Crippen LogP contribution is -2.21. The SMILES string of the molecule is COc1cc(C2SC(C)=Nc3c2c(=O)[nH]n3C2CCOCC2)cc(OC)c1O. The fraction of sp³-hybridized carbons (Fsp3) is 0.474. The van der Waals surface area contributed by atoms with Crippen molar-refractivity contribution in [2.75, 3.05) is 27.4 Å². The van der Waals surface area contributed by atoms with E-state index in [0.29, 0.717) is 36.1 Å². The summed E-state index contributed by atoms with van der Waals surface area (Å²) in [5.74, 6) is 1.21. The van der Waals surface area contributed by atoms with Crippen LogP contribution in [0.4, 0.5) is 5.82 Å². The fourth-order valence-corrected chi connectivity index (χ4v) is 4.80. The van der Waals surface area contributed by atoms with Crippen LogP contribution in [-0.2, 0) is 4.74 Å². The zero-order valence-corrected chi connectivity index (χ0v) is 16.8. The van der Waals surface area contributed by atoms with Crippen LogP contribution in [0.1, 0.15) is 42.2 Å². The zero-order valence-electron chi connectivity index (χ0n) is 16.0. The third-order valence-electron chi connectivity index (χ3n) is 5.11. The highest BCUT2D eigenvalue weighted by Crippen LogP contribution is 2.48. The van der Waals surface area contributed by atoms with E-state index in [0.717, 1.165) is 23.4 Å². The maximum absolute atomic E-state index is 12.9. The minimum atomic E-state index is -0.277. The Labute approximate surface area is 166 Å². The van der Waals surface area contributed by atoms with E-state index in [1.165, 1.54) is 26.0 Å². The number of phenolic OH excluding ortho intramolecular Hbond substituents is 1. The van der Waals surface area contributed by atoms with Gasteiger partial charge in [0.05, 0.1) is 36.1 Å². The predicted molar refractivity (Wildman–Crippen MR) is 108 cm³/mol. The van der Waals surface area contributed by atoms with Gasteiger partial charge in [0.2, 0.25) is 5.75 Å². The summed E-state index contributed by atoms with van der Waals surface area (Å²) in [7, 11) is 2.97. The van der Waals surface area contributed by atoms with Crippen molar-refractivity contribution in [2.24, 2.45) is 4.99 Å². The Morgan fingerprint density at radius 1 is 1.25 bits per heavy atom. The Kier molecular flexibility index (Phi) is 5.11. The summed E-state index contributed by atoms with van der Waals surface area (Å²) >= 11 is 1.50. The largest absolute Gasteiger partial charge is 0.502 e. The molecule has 0 bridgehead atoms. The van der Waals surface area contributed by atoms with Crippen LogP contribution < -0.4 is 15.0 Å². The summed E-state index contributed by atoms with van der Waals surface area (Å²) < 4.78 is 17.9. The standard InChI is InChI=1S/C19H23N3O5S/c1-10-20-18-15(19(24)21-22(18)12-4-6-27-7-5-12)17(28-10)11-8-13(25-2)16(23)14(9-11)26-3/h8-9,12,17,23H,4-7H2,1-3H3,(H,21,24). The molecule has 1 aromatic carbocycles. The Bertz CT molecular complexity index is 949. The number of ether oxygens (including phenoxy) is 3. The first-order valence-corrected chi connectivity index (χ1v) is 10.0. The van der Waals surface area contributed by atoms with Crippen LogP contribution in [0.2, 0.25) is 0 Å². The molecule has 8 nitrogen and oxygen atoms in total. The van der Waals surface area contributed by atoms with Gasteiger partial charge in [0.25, 0.3) is 5.56 Å². The minimum absolute atomic E-state index is 0.0612. The monoisotopic (exact) mass is 405 g/mol. The quantitative estimate of drug-likeness (QED) is 0.811. The molecule has 2 aromatic rings. The molecule has 1 saturated heterocycles. The number of aromatic nitrogens is 2. The molecule has 28 heavy (non-hydrogen) atoms. The molecule has 0 spiro atoms. The fourth-order valence-electron chi connectivity index (χ4n) is 3.72. The number of thioether (sulfide) groups is 1. The van der Waals surface area contributed by atoms with E-state index < -0.39 is 0 Å². The van der Waals surface area contributed by atoms with Crippen LogP contribution in [0.5, 0.6) is 17.2 Å². The number of rotatable bonds is 4. The molecule has 0 aliphatic carbocycles. The predicted octanol–water partition coefficient (Wildman–Crippen LogP) is 3.14. The number of methoxy groups -OCH3 is 2. The Morgan fingerprint density at radius 2 is 1.89 bits per heavy atom. The number of hydrogen-bond donors (Lipinski definition) is 2. The van der Waals surface area contributed by atoms with Crippen molar-refractivity contribution in [3.05, 3.63) is 33.6 Å². The first-order chi connectivity index (χ1) is 13.5. The lowest BCUT2D eigenvalue weighted by molar-refractivity contribution is 0.0666. The maximum Gasteiger partial charge on any atom is 0.271 e. The van der Waals surface area contributed by atoms with Crippen LogP contribution in [0.3, 0.4) is 0 Å². The van der Waals surface area contributed by atoms with E-state index in [1.807, 2.05) is 11.6 Å². The van der Waals surface area contributed by atoms with Gasteiger partial charge in [0.1, 0.15) is 0 Å². The second-order valence-electron chi connectivity index (χ2n) is 6.79. The molecule has 3 heterocycles. The summed E-state index contributed by atoms with van der Waals surface area (Å²) in [6.45, 7) is 3.28. The number of hydrogen-bond acceptors (Lipinski definition) is 7. The van der Waals surface area contributed by atoms with Gasteiger partial charge in [-0.3, -0.25) is 14.6 Å². The number of benzene rings is 1. The Hall–Kier alpha value is -2.39. The molecule has 1 atom stereocenters. The molecule has 2 N–H and O–H groups in total. The normalized spacial score (nSPS) is 19.8. The van der Waals surface area contributed by atoms with Gasteiger partial charge in [0, 0.05) is 13.2 Å². The number of H-pyrrole nitrogens is 1. The lowest BCUT2D eigenvalue weighted by atomic mass is 10.0. The number of nitrogens with zero attached hydrogens (tertiary/aromatic N) is 2. The maximum atomic E-state index is 12.9. The molecule has 1 fully saturated rings. The van der Waals surface area contributed by atoms with E-state index in [4.69, 9.17) is 14.2 Å². The molecule has 4 rings (SSSR count). The van der Waals surface area contributed by atoms with E-state index >= 15 is 0 Å². The highest BCUT2D eigenvalue weighted by molar-refractivity contribution is 8.14. The van der Waals surface area contributed by atoms with Gasteiger partial charge >= 0.3 is 0 Å². The molecule has 9 heteroatoms. The highest BCUT2D eigenvalue weighted by Gasteiger charge is 2.33. The average Bonchev–Trinajstić information content (AvgIpc) is 3.04. The molecular weight excluding hydrogens is 382 g/mol. The number of fused-ring (bicyclic) bond motifs is 1. The van der Waals surface area contributed by atoms with E-state index in [-0.39, 0.29) is 22.6 Å². The highest BCUT2D eigenvalue weighted by atomic mass is 32.2. The van der Waals surface area contributed by atoms with Crippen LogP contribution >= 0.6 is 11.8 Å². The van der Waals surface area contributed by atoms with Crippen molar-refractivity contribution in [3.8, 4) is 17.2 Å². The summed E-state index contributed by atoms with van der Waals surface area (Å²) in [4.78, 5) is 17.6. The van der Waals surface area contributed by atoms with Gasteiger partial charge in [0.15, 0.2) is 17.3 Å². The van der Waals surface area contributed by atoms with Crippen LogP contribution in [0.15, 0.2) is 21.9 Å². The smallest absolute Gasteiger partial charge is 0.271 e. The van der Waals surface area contributed by atoms with Crippen molar-refractivity contribution in [2.45, 2.75) is 31.1 Å². The van der Waals surface area contributed by atoms with Gasteiger partial charge in [-0.1, -0.05) is 11.8 Å². The second-order valence-corrected chi connectivity index (χ2v) is 8.09. The summed E-state index contributed by atoms with van der Waals surface area (Å²) in [6, 6.07) is 3.64. The number of phenols is 1. The van der Waals surface area contributed by atoms with Crippen LogP contribution in [0.25, 0.3) is 0 Å². The average molecular weight is 405 g/mol. The summed E-state index contributed by atoms with van der Waals surface area (Å²) in [5, 5.41) is 13.8. The molecule has 2 aliphatic rings. The van der Waals surface area contributed by atoms with E-state index in [9.17, 15) is 9.90 Å². The van der Waals surface area contributed by atoms with Crippen molar-refractivity contribution >= 4 is 22.6 Å². The molecule has 2 aliphatic heterocycles. The molecule has 0 amide bonds. The Morgan fingerprint density at radius 3 is 2.50 bits per heavy atom. The lowest BCUT2D eigenvalue weighted by Gasteiger charge is -2.26. The first-order valence-electron chi connectivity index (χ1n) is 9.12. The summed E-state index contributed by atoms with van der Waals surface area (Å²) in [6.07, 6.45) is 1.68. The minimum Gasteiger partial charge on any atom is -0.502 e. The van der Waals surface area contributed by atoms with E-state index in [1.54, 1.807) is 12.1 Å². The van der Waals surface area contributed by atoms with E-state index in [2.05, 4.69) is 10.1 Å². The van der Waals surface area contributed by atoms with Gasteiger partial charge in [-0.05, 0) is 37.5 Å². The van der Waals surface area contributed by atoms with Crippen LogP contribution in [-0.4, -0.2) is 47.4 Å². The van der Waals surface area contributed by atoms with Crippen molar-refractivity contribution in [1.29, 1.82) is 0 Å². The van der Waals surface area contributed by atoms with Gasteiger partial charge in [-0.15, -0.1) is 0 Å². The number of aromatic hydroxyl groups is 1. The molecule has 0 saturated carbocycles. The molecule has 1 aromatic heterocycles. The topological polar surface area (TPSA) is 98.1 Å². The van der Waals surface area contributed by atoms with Gasteiger partial charge in [-0.2, -0.15) is 0 Å². The Balaban J connectivity index is 1.84. The number of aliphatic imine (C=N–C) groups is 1. The third-order valence-corrected chi connectivity index (χ3v) is 6.29. The third kappa shape index (κ3) is 3.18. The van der Waals surface area contributed by atoms with Crippen molar-refractivity contribution in [1.82, 2.24) is 9.78 Å². The molecule has 0 radical (unpaired) electrons. The first kappa shape index (κ1) is 18.9. The summed E-state index contributed by atoms with van der Waals surface area (Å²) in [5.41, 5.74) is 1.26. The number of aromatic amines is 1. The molecular formula is C19H23N3O5S. The van der Waals surface area contributed by atoms with Gasteiger partial charge < -0.3 is 19.3 Å². The zero-order chi connectivity index (χ0) is 19.8. The molecule has 1 unspecified atom stereocenters. The second kappa shape index (κ2) is 7.56. The number of nitrogens with one attached hydrogen (secondary N) is 1. The van der Waals surface area contributed by atoms with Gasteiger partial charge in [-0.25, -0.2) is 4.99 Å². The molecule has 150 valence electrons. The van der Waals surface area contributed by atoms with Crippen molar-refractivity contribution in [3.63, 3.8) is 0 Å².